The largest absolute Gasteiger partial charge is 0.493 e. The number of anilines is 2. The Labute approximate surface area is 184 Å². The van der Waals surface area contributed by atoms with E-state index in [2.05, 4.69) is 10.3 Å². The molecule has 11 heteroatoms. The SMILES string of the molecule is CCOc1cc(C(=O)Nc2ccc(N3CCCC(C(N)=O)C3)nc2)c([N+](=O)[O-])cc1OC. The van der Waals surface area contributed by atoms with Crippen LogP contribution in [0.15, 0.2) is 30.5 Å². The number of nitrogens with zero attached hydrogens (tertiary/aromatic N) is 3. The number of hydrogen-bond acceptors (Lipinski definition) is 8. The molecular weight excluding hydrogens is 418 g/mol. The minimum Gasteiger partial charge on any atom is -0.493 e. The van der Waals surface area contributed by atoms with Crippen molar-refractivity contribution in [2.75, 3.05) is 37.0 Å². The fourth-order valence-electron chi connectivity index (χ4n) is 3.57. The maximum absolute atomic E-state index is 12.8. The van der Waals surface area contributed by atoms with Gasteiger partial charge in [0.25, 0.3) is 11.6 Å². The fourth-order valence-corrected chi connectivity index (χ4v) is 3.57. The maximum atomic E-state index is 12.8. The summed E-state index contributed by atoms with van der Waals surface area (Å²) in [5, 5.41) is 14.1. The van der Waals surface area contributed by atoms with Crippen LogP contribution in [0.4, 0.5) is 17.2 Å². The van der Waals surface area contributed by atoms with Crippen LogP contribution in [0.1, 0.15) is 30.1 Å². The number of hydrogen-bond donors (Lipinski definition) is 2. The van der Waals surface area contributed by atoms with Gasteiger partial charge in [-0.1, -0.05) is 0 Å². The van der Waals surface area contributed by atoms with Crippen molar-refractivity contribution < 1.29 is 24.0 Å². The van der Waals surface area contributed by atoms with Gasteiger partial charge < -0.3 is 25.4 Å². The Morgan fingerprint density at radius 3 is 2.72 bits per heavy atom. The summed E-state index contributed by atoms with van der Waals surface area (Å²) >= 11 is 0. The van der Waals surface area contributed by atoms with Gasteiger partial charge in [0, 0.05) is 19.2 Å². The van der Waals surface area contributed by atoms with Crippen LogP contribution in [-0.2, 0) is 4.79 Å². The zero-order valence-corrected chi connectivity index (χ0v) is 17.9. The zero-order chi connectivity index (χ0) is 23.3. The van der Waals surface area contributed by atoms with E-state index in [9.17, 15) is 19.7 Å². The number of ether oxygens (including phenoxy) is 2. The van der Waals surface area contributed by atoms with Crippen LogP contribution in [0.5, 0.6) is 11.5 Å². The van der Waals surface area contributed by atoms with Gasteiger partial charge in [-0.2, -0.15) is 0 Å². The summed E-state index contributed by atoms with van der Waals surface area (Å²) in [6.45, 7) is 3.29. The first-order chi connectivity index (χ1) is 15.3. The van der Waals surface area contributed by atoms with Gasteiger partial charge in [-0.25, -0.2) is 4.98 Å². The van der Waals surface area contributed by atoms with Gasteiger partial charge >= 0.3 is 0 Å². The second-order valence-corrected chi connectivity index (χ2v) is 7.26. The molecule has 2 heterocycles. The van der Waals surface area contributed by atoms with Gasteiger partial charge in [0.2, 0.25) is 5.91 Å². The Bertz CT molecular complexity index is 1010. The highest BCUT2D eigenvalue weighted by molar-refractivity contribution is 6.07. The summed E-state index contributed by atoms with van der Waals surface area (Å²) in [6, 6.07) is 5.81. The van der Waals surface area contributed by atoms with Crippen LogP contribution in [0.3, 0.4) is 0 Å². The molecule has 1 aliphatic heterocycles. The summed E-state index contributed by atoms with van der Waals surface area (Å²) in [7, 11) is 1.36. The quantitative estimate of drug-likeness (QED) is 0.466. The van der Waals surface area contributed by atoms with Gasteiger partial charge in [-0.3, -0.25) is 19.7 Å². The summed E-state index contributed by atoms with van der Waals surface area (Å²) < 4.78 is 10.6. The molecule has 1 fully saturated rings. The number of carbonyl (C=O) groups excluding carboxylic acids is 2. The normalized spacial score (nSPS) is 15.7. The number of methoxy groups -OCH3 is 1. The Kier molecular flexibility index (Phi) is 7.08. The number of carbonyl (C=O) groups is 2. The number of piperidine rings is 1. The molecule has 2 amide bonds. The predicted octanol–water partition coefficient (Wildman–Crippen LogP) is 2.35. The first-order valence-electron chi connectivity index (χ1n) is 10.1. The van der Waals surface area contributed by atoms with E-state index in [1.807, 2.05) is 4.90 Å². The van der Waals surface area contributed by atoms with Gasteiger partial charge in [-0.15, -0.1) is 0 Å². The first kappa shape index (κ1) is 22.8. The van der Waals surface area contributed by atoms with Crippen molar-refractivity contribution in [1.82, 2.24) is 4.98 Å². The molecule has 0 bridgehead atoms. The molecule has 0 radical (unpaired) electrons. The molecule has 3 N–H and O–H groups in total. The number of nitro benzene ring substituents is 1. The van der Waals surface area contributed by atoms with Gasteiger partial charge in [-0.05, 0) is 31.9 Å². The van der Waals surface area contributed by atoms with Gasteiger partial charge in [0.05, 0.1) is 42.5 Å². The minimum atomic E-state index is -0.679. The molecular formula is C21H25N5O6. The number of nitrogens with one attached hydrogen (secondary N) is 1. The monoisotopic (exact) mass is 443 g/mol. The topological polar surface area (TPSA) is 150 Å². The van der Waals surface area contributed by atoms with Crippen LogP contribution >= 0.6 is 0 Å². The van der Waals surface area contributed by atoms with Crippen molar-refractivity contribution in [3.63, 3.8) is 0 Å². The molecule has 1 aliphatic rings. The van der Waals surface area contributed by atoms with Crippen molar-refractivity contribution in [1.29, 1.82) is 0 Å². The van der Waals surface area contributed by atoms with Crippen LogP contribution in [0, 0.1) is 16.0 Å². The lowest BCUT2D eigenvalue weighted by Crippen LogP contribution is -2.41. The smallest absolute Gasteiger partial charge is 0.286 e. The summed E-state index contributed by atoms with van der Waals surface area (Å²) in [6.07, 6.45) is 3.04. The van der Waals surface area contributed by atoms with E-state index in [1.165, 1.54) is 19.4 Å². The number of aromatic nitrogens is 1. The number of amides is 2. The molecule has 0 spiro atoms. The van der Waals surface area contributed by atoms with Crippen molar-refractivity contribution in [2.45, 2.75) is 19.8 Å². The summed E-state index contributed by atoms with van der Waals surface area (Å²) in [5.41, 5.74) is 5.22. The number of nitrogens with two attached hydrogens (primary N) is 1. The van der Waals surface area contributed by atoms with Crippen LogP contribution < -0.4 is 25.4 Å². The molecule has 0 saturated carbocycles. The van der Waals surface area contributed by atoms with E-state index in [-0.39, 0.29) is 28.9 Å². The molecule has 170 valence electrons. The zero-order valence-electron chi connectivity index (χ0n) is 17.9. The third-order valence-corrected chi connectivity index (χ3v) is 5.18. The highest BCUT2D eigenvalue weighted by atomic mass is 16.6. The molecule has 1 unspecified atom stereocenters. The maximum Gasteiger partial charge on any atom is 0.286 e. The molecule has 1 aromatic carbocycles. The number of pyridine rings is 1. The van der Waals surface area contributed by atoms with E-state index >= 15 is 0 Å². The second-order valence-electron chi connectivity index (χ2n) is 7.26. The van der Waals surface area contributed by atoms with Crippen molar-refractivity contribution in [3.8, 4) is 11.5 Å². The molecule has 1 saturated heterocycles. The molecule has 11 nitrogen and oxygen atoms in total. The van der Waals surface area contributed by atoms with Gasteiger partial charge in [0.15, 0.2) is 11.5 Å². The Hall–Kier alpha value is -3.89. The lowest BCUT2D eigenvalue weighted by atomic mass is 9.97. The molecule has 1 atom stereocenters. The lowest BCUT2D eigenvalue weighted by molar-refractivity contribution is -0.385. The molecule has 3 rings (SSSR count). The van der Waals surface area contributed by atoms with E-state index in [1.54, 1.807) is 19.1 Å². The molecule has 32 heavy (non-hydrogen) atoms. The van der Waals surface area contributed by atoms with Crippen LogP contribution in [0.2, 0.25) is 0 Å². The molecule has 0 aliphatic carbocycles. The first-order valence-corrected chi connectivity index (χ1v) is 10.1. The van der Waals surface area contributed by atoms with Crippen LogP contribution in [-0.4, -0.2) is 48.5 Å². The molecule has 1 aromatic heterocycles. The lowest BCUT2D eigenvalue weighted by Gasteiger charge is -2.32. The summed E-state index contributed by atoms with van der Waals surface area (Å²) in [5.74, 6) is -0.180. The van der Waals surface area contributed by atoms with Crippen molar-refractivity contribution in [2.24, 2.45) is 11.7 Å². The van der Waals surface area contributed by atoms with Gasteiger partial charge in [0.1, 0.15) is 11.4 Å². The van der Waals surface area contributed by atoms with Crippen LogP contribution in [0.25, 0.3) is 0 Å². The standard InChI is InChI=1S/C21H25N5O6/c1-3-32-18-9-15(16(26(29)30)10-17(18)31-2)21(28)24-14-6-7-19(23-11-14)25-8-4-5-13(12-25)20(22)27/h6-7,9-11,13H,3-5,8,12H2,1-2H3,(H2,22,27)(H,24,28). The van der Waals surface area contributed by atoms with E-state index in [4.69, 9.17) is 15.2 Å². The number of benzene rings is 1. The minimum absolute atomic E-state index is 0.163. The fraction of sp³-hybridized carbons (Fsp3) is 0.381. The number of rotatable bonds is 8. The van der Waals surface area contributed by atoms with Crippen molar-refractivity contribution in [3.05, 3.63) is 46.1 Å². The Balaban J connectivity index is 1.79. The third-order valence-electron chi connectivity index (χ3n) is 5.18. The average Bonchev–Trinajstić information content (AvgIpc) is 2.79. The van der Waals surface area contributed by atoms with E-state index in [0.717, 1.165) is 25.5 Å². The predicted molar refractivity (Wildman–Crippen MR) is 117 cm³/mol. The Morgan fingerprint density at radius 1 is 1.34 bits per heavy atom. The summed E-state index contributed by atoms with van der Waals surface area (Å²) in [4.78, 5) is 41.4. The molecule has 2 aromatic rings. The highest BCUT2D eigenvalue weighted by Crippen LogP contribution is 2.35. The second kappa shape index (κ2) is 9.94. The average molecular weight is 443 g/mol. The Morgan fingerprint density at radius 2 is 2.12 bits per heavy atom. The van der Waals surface area contributed by atoms with E-state index < -0.39 is 16.5 Å². The number of nitro groups is 1. The highest BCUT2D eigenvalue weighted by Gasteiger charge is 2.26. The number of primary amides is 1. The van der Waals surface area contributed by atoms with Crippen molar-refractivity contribution >= 4 is 29.0 Å². The van der Waals surface area contributed by atoms with E-state index in [0.29, 0.717) is 24.7 Å². The third kappa shape index (κ3) is 5.05.